The Hall–Kier alpha value is -2.41. The van der Waals surface area contributed by atoms with Gasteiger partial charge < -0.3 is 20.3 Å². The van der Waals surface area contributed by atoms with Crippen molar-refractivity contribution in [3.63, 3.8) is 0 Å². The molecular formula is C20H24N6O. The number of nitrogens with two attached hydrogens (primary N) is 1. The van der Waals surface area contributed by atoms with Gasteiger partial charge in [-0.3, -0.25) is 0 Å². The molecule has 2 atom stereocenters. The molecule has 7 nitrogen and oxygen atoms in total. The number of ether oxygens (including phenoxy) is 1. The van der Waals surface area contributed by atoms with Crippen LogP contribution in [0.1, 0.15) is 25.7 Å². The average molecular weight is 364 g/mol. The summed E-state index contributed by atoms with van der Waals surface area (Å²) in [5, 5.41) is 0. The van der Waals surface area contributed by atoms with Crippen molar-refractivity contribution < 1.29 is 4.74 Å². The zero-order chi connectivity index (χ0) is 18.0. The molecule has 2 aromatic rings. The third-order valence-electron chi connectivity index (χ3n) is 6.68. The number of nitrogen functional groups attached to an aromatic ring is 1. The molecule has 4 bridgehead atoms. The number of morpholine rings is 1. The summed E-state index contributed by atoms with van der Waals surface area (Å²) in [4.78, 5) is 18.3. The van der Waals surface area contributed by atoms with Crippen LogP contribution in [0.4, 0.5) is 17.5 Å². The van der Waals surface area contributed by atoms with E-state index in [9.17, 15) is 0 Å². The number of fused-ring (bicyclic) bond motifs is 4. The first-order valence-corrected chi connectivity index (χ1v) is 9.98. The van der Waals surface area contributed by atoms with Crippen molar-refractivity contribution in [2.24, 2.45) is 5.92 Å². The van der Waals surface area contributed by atoms with Gasteiger partial charge in [0.15, 0.2) is 0 Å². The van der Waals surface area contributed by atoms with Crippen molar-refractivity contribution in [1.82, 2.24) is 15.0 Å². The van der Waals surface area contributed by atoms with Crippen LogP contribution in [-0.4, -0.2) is 52.8 Å². The van der Waals surface area contributed by atoms with Crippen molar-refractivity contribution in [1.29, 1.82) is 0 Å². The Morgan fingerprint density at radius 3 is 2.48 bits per heavy atom. The van der Waals surface area contributed by atoms with E-state index >= 15 is 0 Å². The maximum absolute atomic E-state index is 5.91. The summed E-state index contributed by atoms with van der Waals surface area (Å²) < 4.78 is 5.91. The normalized spacial score (nSPS) is 31.3. The minimum absolute atomic E-state index is 0.293. The Morgan fingerprint density at radius 2 is 1.85 bits per heavy atom. The summed E-state index contributed by atoms with van der Waals surface area (Å²) >= 11 is 0. The van der Waals surface area contributed by atoms with Gasteiger partial charge in [-0.2, -0.15) is 0 Å². The van der Waals surface area contributed by atoms with Crippen molar-refractivity contribution in [3.05, 3.63) is 24.5 Å². The maximum atomic E-state index is 5.91. The summed E-state index contributed by atoms with van der Waals surface area (Å²) in [5.74, 6) is 2.23. The molecule has 5 aliphatic heterocycles. The molecule has 27 heavy (non-hydrogen) atoms. The van der Waals surface area contributed by atoms with Crippen LogP contribution in [0.2, 0.25) is 0 Å². The second kappa shape index (κ2) is 5.79. The molecule has 7 heterocycles. The lowest BCUT2D eigenvalue weighted by molar-refractivity contribution is -0.0225. The smallest absolute Gasteiger partial charge is 0.219 e. The van der Waals surface area contributed by atoms with Crippen molar-refractivity contribution in [2.75, 3.05) is 35.2 Å². The summed E-state index contributed by atoms with van der Waals surface area (Å²) in [6.45, 7) is 2.93. The van der Waals surface area contributed by atoms with Gasteiger partial charge in [-0.25, -0.2) is 15.0 Å². The topological polar surface area (TPSA) is 80.4 Å². The van der Waals surface area contributed by atoms with Gasteiger partial charge in [-0.05, 0) is 37.7 Å². The van der Waals surface area contributed by atoms with Gasteiger partial charge in [0.2, 0.25) is 5.95 Å². The minimum atomic E-state index is 0.293. The molecule has 0 aromatic carbocycles. The largest absolute Gasteiger partial charge is 0.374 e. The van der Waals surface area contributed by atoms with Crippen LogP contribution >= 0.6 is 0 Å². The van der Waals surface area contributed by atoms with E-state index < -0.39 is 0 Å². The van der Waals surface area contributed by atoms with Gasteiger partial charge in [-0.1, -0.05) is 0 Å². The van der Waals surface area contributed by atoms with Gasteiger partial charge in [0.1, 0.15) is 5.82 Å². The fourth-order valence-corrected chi connectivity index (χ4v) is 5.11. The maximum Gasteiger partial charge on any atom is 0.219 e. The number of hydrogen-bond acceptors (Lipinski definition) is 7. The van der Waals surface area contributed by atoms with Crippen LogP contribution in [-0.2, 0) is 4.74 Å². The molecule has 0 amide bonds. The molecule has 5 saturated heterocycles. The van der Waals surface area contributed by atoms with Crippen LogP contribution in [0.15, 0.2) is 24.5 Å². The van der Waals surface area contributed by atoms with Gasteiger partial charge >= 0.3 is 0 Å². The van der Waals surface area contributed by atoms with Crippen molar-refractivity contribution in [3.8, 4) is 11.3 Å². The van der Waals surface area contributed by atoms with Crippen LogP contribution in [0, 0.1) is 5.92 Å². The molecule has 2 N–H and O–H groups in total. The summed E-state index contributed by atoms with van der Waals surface area (Å²) in [6, 6.07) is 5.59. The predicted molar refractivity (Wildman–Crippen MR) is 104 cm³/mol. The van der Waals surface area contributed by atoms with Crippen molar-refractivity contribution >= 4 is 17.5 Å². The Kier molecular flexibility index (Phi) is 3.35. The number of hydrogen-bond donors (Lipinski definition) is 1. The Labute approximate surface area is 158 Å². The van der Waals surface area contributed by atoms with E-state index in [1.807, 2.05) is 0 Å². The van der Waals surface area contributed by atoms with E-state index in [4.69, 9.17) is 15.5 Å². The molecule has 1 saturated carbocycles. The van der Waals surface area contributed by atoms with E-state index in [1.54, 1.807) is 12.4 Å². The average Bonchev–Trinajstić information content (AvgIpc) is 3.30. The van der Waals surface area contributed by atoms with E-state index in [1.165, 1.54) is 31.4 Å². The lowest BCUT2D eigenvalue weighted by Crippen LogP contribution is -2.54. The molecule has 2 aromatic heterocycles. The van der Waals surface area contributed by atoms with Crippen LogP contribution < -0.4 is 15.5 Å². The van der Waals surface area contributed by atoms with E-state index in [2.05, 4.69) is 31.9 Å². The lowest BCUT2D eigenvalue weighted by Gasteiger charge is -2.46. The van der Waals surface area contributed by atoms with Crippen LogP contribution in [0.25, 0.3) is 11.3 Å². The first-order chi connectivity index (χ1) is 13.2. The standard InChI is InChI=1S/C20H24N6O/c21-20-22-7-13(8-23-20)18-5-16(25-10-17-2-1-14(25)11-27-17)6-19(24-18)26-9-12-3-15(26)4-12/h5-8,12,14-15,17H,1-4,9-11H2,(H2,21,22,23)/t12?,14-,15?,17-/m0/s1. The Morgan fingerprint density at radius 1 is 1.00 bits per heavy atom. The predicted octanol–water partition coefficient (Wildman–Crippen LogP) is 2.09. The lowest BCUT2D eigenvalue weighted by atomic mass is 9.86. The number of piperidine rings is 1. The highest BCUT2D eigenvalue weighted by Crippen LogP contribution is 2.44. The van der Waals surface area contributed by atoms with Crippen molar-refractivity contribution in [2.45, 2.75) is 43.9 Å². The van der Waals surface area contributed by atoms with Crippen LogP contribution in [0.3, 0.4) is 0 Å². The highest BCUT2D eigenvalue weighted by atomic mass is 16.5. The molecule has 1 aliphatic carbocycles. The zero-order valence-corrected chi connectivity index (χ0v) is 15.3. The summed E-state index contributed by atoms with van der Waals surface area (Å²) in [6.07, 6.45) is 8.91. The van der Waals surface area contributed by atoms with Crippen LogP contribution in [0.5, 0.6) is 0 Å². The monoisotopic (exact) mass is 364 g/mol. The molecule has 6 fully saturated rings. The molecule has 140 valence electrons. The molecule has 0 radical (unpaired) electrons. The van der Waals surface area contributed by atoms with E-state index in [0.717, 1.165) is 42.7 Å². The second-order valence-corrected chi connectivity index (χ2v) is 8.38. The molecule has 0 unspecified atom stereocenters. The number of pyridine rings is 1. The number of aromatic nitrogens is 3. The first-order valence-electron chi connectivity index (χ1n) is 9.98. The second-order valence-electron chi connectivity index (χ2n) is 8.38. The van der Waals surface area contributed by atoms with Gasteiger partial charge in [0.05, 0.1) is 24.4 Å². The molecule has 8 rings (SSSR count). The third kappa shape index (κ3) is 2.56. The summed E-state index contributed by atoms with van der Waals surface area (Å²) in [5.41, 5.74) is 8.76. The minimum Gasteiger partial charge on any atom is -0.374 e. The molecule has 6 aliphatic rings. The van der Waals surface area contributed by atoms with Gasteiger partial charge in [0.25, 0.3) is 0 Å². The van der Waals surface area contributed by atoms with Gasteiger partial charge in [0, 0.05) is 48.8 Å². The highest BCUT2D eigenvalue weighted by Gasteiger charge is 2.43. The Balaban J connectivity index is 1.42. The third-order valence-corrected chi connectivity index (χ3v) is 6.68. The Bertz CT molecular complexity index is 857. The molecule has 0 spiro atoms. The quantitative estimate of drug-likeness (QED) is 0.893. The van der Waals surface area contributed by atoms with E-state index in [0.29, 0.717) is 24.1 Å². The molecular weight excluding hydrogens is 340 g/mol. The first kappa shape index (κ1) is 15.6. The number of anilines is 3. The van der Waals surface area contributed by atoms with Gasteiger partial charge in [-0.15, -0.1) is 0 Å². The summed E-state index contributed by atoms with van der Waals surface area (Å²) in [7, 11) is 0. The number of rotatable bonds is 3. The molecule has 7 heteroatoms. The van der Waals surface area contributed by atoms with E-state index in [-0.39, 0.29) is 0 Å². The number of nitrogens with zero attached hydrogens (tertiary/aromatic N) is 5. The fraction of sp³-hybridized carbons (Fsp3) is 0.550. The highest BCUT2D eigenvalue weighted by molar-refractivity contribution is 5.69. The fourth-order valence-electron chi connectivity index (χ4n) is 5.11. The SMILES string of the molecule is Nc1ncc(-c2cc(N3C[C@@H]4CC[C@H]3CO4)cc(N3CC4CC3C4)n2)cn1. The zero-order valence-electron chi connectivity index (χ0n) is 15.3.